The molecule has 4 heterocycles. The Balaban J connectivity index is 1.32. The lowest BCUT2D eigenvalue weighted by Gasteiger charge is -2.25. The normalized spacial score (nSPS) is 20.0. The number of nitrogens with zero attached hydrogens (tertiary/aromatic N) is 7. The van der Waals surface area contributed by atoms with Crippen LogP contribution in [0.15, 0.2) is 29.1 Å². The van der Waals surface area contributed by atoms with Crippen LogP contribution < -0.4 is 20.5 Å². The zero-order valence-corrected chi connectivity index (χ0v) is 26.5. The number of carbonyl (C=O) groups excluding carboxylic acids is 1. The Kier molecular flexibility index (Phi) is 7.54. The average Bonchev–Trinajstić information content (AvgIpc) is 3.24. The number of rotatable bonds is 8. The summed E-state index contributed by atoms with van der Waals surface area (Å²) in [6, 6.07) is 6.10. The van der Waals surface area contributed by atoms with E-state index in [0.29, 0.717) is 35.5 Å². The van der Waals surface area contributed by atoms with Crippen LogP contribution in [0.4, 0.5) is 20.4 Å². The van der Waals surface area contributed by atoms with Gasteiger partial charge >= 0.3 is 6.55 Å². The van der Waals surface area contributed by atoms with Gasteiger partial charge < -0.3 is 10.2 Å². The summed E-state index contributed by atoms with van der Waals surface area (Å²) in [4.78, 5) is 37.3. The maximum Gasteiger partial charge on any atom is 0.321 e. The van der Waals surface area contributed by atoms with Crippen LogP contribution in [-0.4, -0.2) is 63.0 Å². The van der Waals surface area contributed by atoms with Gasteiger partial charge in [0, 0.05) is 31.6 Å². The third kappa shape index (κ3) is 5.60. The number of nitrogens with one attached hydrogen (secondary N) is 2. The Labute approximate surface area is 261 Å². The molecule has 17 heteroatoms. The van der Waals surface area contributed by atoms with Crippen molar-refractivity contribution in [1.29, 1.82) is 0 Å². The number of halogens is 3. The lowest BCUT2D eigenvalue weighted by atomic mass is 10.0. The number of aryl methyl sites for hydroxylation is 2. The molecule has 0 spiro atoms. The van der Waals surface area contributed by atoms with Gasteiger partial charge in [0.2, 0.25) is 16.0 Å². The largest absolute Gasteiger partial charge is 0.377 e. The van der Waals surface area contributed by atoms with Crippen LogP contribution in [0.3, 0.4) is 0 Å². The van der Waals surface area contributed by atoms with E-state index in [1.54, 1.807) is 13.1 Å². The number of piperidine rings is 1. The number of alkyl halides is 2. The molecule has 1 aliphatic heterocycles. The summed E-state index contributed by atoms with van der Waals surface area (Å²) in [5.74, 6) is -0.0376. The second-order valence-corrected chi connectivity index (χ2v) is 13.8. The molecular weight excluding hydrogens is 632 g/mol. The summed E-state index contributed by atoms with van der Waals surface area (Å²) in [7, 11) is -2.22. The van der Waals surface area contributed by atoms with Gasteiger partial charge in [-0.15, -0.1) is 10.2 Å². The van der Waals surface area contributed by atoms with Gasteiger partial charge in [0.15, 0.2) is 5.69 Å². The van der Waals surface area contributed by atoms with Crippen molar-refractivity contribution in [1.82, 2.24) is 34.0 Å². The minimum absolute atomic E-state index is 0.00172. The zero-order valence-electron chi connectivity index (χ0n) is 24.9. The van der Waals surface area contributed by atoms with E-state index in [2.05, 4.69) is 20.5 Å². The SMILES string of the molecule is Cc1cc([C@@H](C)Nc2ccc(Cl)nc2C(=O)NS(C)(=O)=O)c2nc(N3C[C@@H]4C(c5nnc(C)n5C(F)F)[C@@H]4C3)n(C)c(=O)c2c1. The van der Waals surface area contributed by atoms with Gasteiger partial charge in [0.1, 0.15) is 16.8 Å². The third-order valence-electron chi connectivity index (χ3n) is 8.39. The van der Waals surface area contributed by atoms with Crippen molar-refractivity contribution in [3.63, 3.8) is 0 Å². The first-order chi connectivity index (χ1) is 21.1. The highest BCUT2D eigenvalue weighted by Crippen LogP contribution is 2.58. The standard InChI is InChI=1S/C28H30ClF2N9O4S/c1-12-8-15(13(2)32-19-6-7-20(29)33-23(19)25(41)37-45(5,43)44)22-16(9-12)26(42)38(4)28(34-22)39-10-17-18(11-39)21(17)24-36-35-14(3)40(24)27(30)31/h6-9,13,17-18,21,27,32H,10-11H2,1-5H3,(H,37,41)/t13-,17-,18+,21?/m1/s1. The first kappa shape index (κ1) is 30.8. The van der Waals surface area contributed by atoms with Gasteiger partial charge in [-0.05, 0) is 56.4 Å². The van der Waals surface area contributed by atoms with Gasteiger partial charge in [-0.3, -0.25) is 18.7 Å². The summed E-state index contributed by atoms with van der Waals surface area (Å²) in [6.45, 7) is 3.48. The topological polar surface area (TPSA) is 157 Å². The number of hydrogen-bond donors (Lipinski definition) is 2. The zero-order chi connectivity index (χ0) is 32.5. The Morgan fingerprint density at radius 2 is 1.80 bits per heavy atom. The number of pyridine rings is 1. The Morgan fingerprint density at radius 3 is 2.44 bits per heavy atom. The van der Waals surface area contributed by atoms with Gasteiger partial charge in [-0.2, -0.15) is 8.78 Å². The fourth-order valence-corrected chi connectivity index (χ4v) is 6.91. The van der Waals surface area contributed by atoms with Crippen LogP contribution in [0.1, 0.15) is 58.7 Å². The fourth-order valence-electron chi connectivity index (χ4n) is 6.33. The van der Waals surface area contributed by atoms with E-state index < -0.39 is 28.5 Å². The molecule has 1 unspecified atom stereocenters. The molecule has 2 N–H and O–H groups in total. The van der Waals surface area contributed by atoms with Crippen LogP contribution in [0.2, 0.25) is 5.15 Å². The van der Waals surface area contributed by atoms with Crippen molar-refractivity contribution in [2.75, 3.05) is 29.6 Å². The van der Waals surface area contributed by atoms with E-state index in [-0.39, 0.29) is 51.5 Å². The van der Waals surface area contributed by atoms with Crippen LogP contribution in [0.5, 0.6) is 0 Å². The highest BCUT2D eigenvalue weighted by Gasteiger charge is 2.59. The van der Waals surface area contributed by atoms with E-state index in [0.717, 1.165) is 16.4 Å². The van der Waals surface area contributed by atoms with Crippen molar-refractivity contribution in [2.45, 2.75) is 39.3 Å². The smallest absolute Gasteiger partial charge is 0.321 e. The molecule has 1 aliphatic carbocycles. The highest BCUT2D eigenvalue weighted by atomic mass is 35.5. The molecule has 1 amide bonds. The molecule has 2 fully saturated rings. The highest BCUT2D eigenvalue weighted by molar-refractivity contribution is 7.89. The van der Waals surface area contributed by atoms with Gasteiger partial charge in [0.25, 0.3) is 11.5 Å². The number of hydrogen-bond acceptors (Lipinski definition) is 10. The molecule has 1 saturated heterocycles. The number of carbonyl (C=O) groups is 1. The molecule has 3 aromatic heterocycles. The minimum atomic E-state index is -3.87. The quantitative estimate of drug-likeness (QED) is 0.269. The molecule has 238 valence electrons. The lowest BCUT2D eigenvalue weighted by Crippen LogP contribution is -2.32. The van der Waals surface area contributed by atoms with Gasteiger partial charge in [-0.25, -0.2) is 23.1 Å². The molecule has 13 nitrogen and oxygen atoms in total. The molecule has 0 bridgehead atoms. The first-order valence-electron chi connectivity index (χ1n) is 14.1. The van der Waals surface area contributed by atoms with Crippen LogP contribution in [0, 0.1) is 25.7 Å². The molecule has 0 radical (unpaired) electrons. The summed E-state index contributed by atoms with van der Waals surface area (Å²) in [6.07, 6.45) is 0.855. The Bertz CT molecular complexity index is 2020. The third-order valence-corrected chi connectivity index (χ3v) is 9.15. The Hall–Kier alpha value is -4.18. The van der Waals surface area contributed by atoms with Crippen molar-refractivity contribution in [3.05, 3.63) is 68.2 Å². The summed E-state index contributed by atoms with van der Waals surface area (Å²) in [5.41, 5.74) is 1.68. The Morgan fingerprint density at radius 1 is 1.11 bits per heavy atom. The van der Waals surface area contributed by atoms with E-state index in [9.17, 15) is 26.8 Å². The van der Waals surface area contributed by atoms with E-state index in [1.165, 1.54) is 23.6 Å². The molecule has 1 saturated carbocycles. The van der Waals surface area contributed by atoms with E-state index in [1.807, 2.05) is 29.5 Å². The predicted molar refractivity (Wildman–Crippen MR) is 163 cm³/mol. The van der Waals surface area contributed by atoms with Crippen molar-refractivity contribution < 1.29 is 22.0 Å². The van der Waals surface area contributed by atoms with Crippen molar-refractivity contribution >= 4 is 50.1 Å². The van der Waals surface area contributed by atoms with E-state index in [4.69, 9.17) is 16.6 Å². The van der Waals surface area contributed by atoms with Gasteiger partial charge in [-0.1, -0.05) is 17.7 Å². The number of benzene rings is 1. The summed E-state index contributed by atoms with van der Waals surface area (Å²) < 4.78 is 55.0. The second kappa shape index (κ2) is 11.0. The van der Waals surface area contributed by atoms with E-state index >= 15 is 0 Å². The van der Waals surface area contributed by atoms with Crippen LogP contribution in [-0.2, 0) is 17.1 Å². The van der Waals surface area contributed by atoms with Gasteiger partial charge in [0.05, 0.1) is 28.9 Å². The number of anilines is 2. The second-order valence-electron chi connectivity index (χ2n) is 11.6. The molecule has 45 heavy (non-hydrogen) atoms. The molecule has 6 rings (SSSR count). The number of sulfonamides is 1. The molecule has 4 atom stereocenters. The van der Waals surface area contributed by atoms with Crippen LogP contribution >= 0.6 is 11.6 Å². The summed E-state index contributed by atoms with van der Waals surface area (Å²) in [5, 5.41) is 11.5. The fraction of sp³-hybridized carbons (Fsp3) is 0.429. The molecule has 4 aromatic rings. The number of amides is 1. The monoisotopic (exact) mass is 661 g/mol. The maximum atomic E-state index is 13.7. The first-order valence-corrected chi connectivity index (χ1v) is 16.3. The predicted octanol–water partition coefficient (Wildman–Crippen LogP) is 3.30. The number of aromatic nitrogens is 6. The summed E-state index contributed by atoms with van der Waals surface area (Å²) >= 11 is 6.01. The molecule has 2 aliphatic rings. The average molecular weight is 662 g/mol. The van der Waals surface area contributed by atoms with Crippen LogP contribution in [0.25, 0.3) is 10.9 Å². The van der Waals surface area contributed by atoms with Crippen molar-refractivity contribution in [2.24, 2.45) is 18.9 Å². The van der Waals surface area contributed by atoms with Crippen molar-refractivity contribution in [3.8, 4) is 0 Å². The maximum absolute atomic E-state index is 13.7. The lowest BCUT2D eigenvalue weighted by molar-refractivity contribution is 0.0641. The molecule has 1 aromatic carbocycles. The number of fused-ring (bicyclic) bond motifs is 2. The minimum Gasteiger partial charge on any atom is -0.377 e. The molecular formula is C28H30ClF2N9O4S.